The molecule has 0 heterocycles. The van der Waals surface area contributed by atoms with Crippen molar-refractivity contribution in [2.75, 3.05) is 0 Å². The van der Waals surface area contributed by atoms with E-state index in [1.165, 1.54) is 0 Å². The van der Waals surface area contributed by atoms with E-state index in [2.05, 4.69) is 13.8 Å². The van der Waals surface area contributed by atoms with Crippen molar-refractivity contribution in [1.29, 1.82) is 0 Å². The monoisotopic (exact) mass is 168 g/mol. The second kappa shape index (κ2) is 3.30. The van der Waals surface area contributed by atoms with E-state index in [0.717, 1.165) is 25.7 Å². The van der Waals surface area contributed by atoms with Crippen LogP contribution in [-0.4, -0.2) is 11.1 Å². The summed E-state index contributed by atoms with van der Waals surface area (Å²) in [6.07, 6.45) is 5.73. The Bertz CT molecular complexity index is 212. The van der Waals surface area contributed by atoms with Crippen molar-refractivity contribution >= 4 is 5.97 Å². The molecule has 1 aliphatic carbocycles. The molecule has 0 unspecified atom stereocenters. The number of aliphatic carboxylic acids is 1. The van der Waals surface area contributed by atoms with Gasteiger partial charge in [-0.1, -0.05) is 19.9 Å². The summed E-state index contributed by atoms with van der Waals surface area (Å²) in [6.45, 7) is 4.15. The number of carboxylic acids is 1. The molecule has 68 valence electrons. The Labute approximate surface area is 73.3 Å². The first kappa shape index (κ1) is 9.30. The molecular weight excluding hydrogens is 152 g/mol. The minimum absolute atomic E-state index is 0.0220. The summed E-state index contributed by atoms with van der Waals surface area (Å²) in [7, 11) is 0. The van der Waals surface area contributed by atoms with Gasteiger partial charge in [0.25, 0.3) is 0 Å². The fourth-order valence-electron chi connectivity index (χ4n) is 2.14. The Morgan fingerprint density at radius 2 is 2.17 bits per heavy atom. The van der Waals surface area contributed by atoms with Gasteiger partial charge in [0.1, 0.15) is 0 Å². The SMILES string of the molecule is CCC1(CC)CCC=C1C(=O)O. The third-order valence-corrected chi connectivity index (χ3v) is 3.13. The van der Waals surface area contributed by atoms with Crippen molar-refractivity contribution in [1.82, 2.24) is 0 Å². The van der Waals surface area contributed by atoms with Crippen LogP contribution in [0.15, 0.2) is 11.6 Å². The van der Waals surface area contributed by atoms with E-state index in [0.29, 0.717) is 5.57 Å². The minimum atomic E-state index is -0.726. The lowest BCUT2D eigenvalue weighted by Gasteiger charge is -2.27. The van der Waals surface area contributed by atoms with Gasteiger partial charge in [-0.15, -0.1) is 0 Å². The molecule has 0 radical (unpaired) electrons. The van der Waals surface area contributed by atoms with Crippen molar-refractivity contribution in [3.8, 4) is 0 Å². The molecule has 0 atom stereocenters. The maximum Gasteiger partial charge on any atom is 0.331 e. The Hall–Kier alpha value is -0.790. The number of hydrogen-bond acceptors (Lipinski definition) is 1. The molecule has 1 rings (SSSR count). The average Bonchev–Trinajstić information content (AvgIpc) is 2.48. The third kappa shape index (κ3) is 1.26. The van der Waals surface area contributed by atoms with E-state index in [1.807, 2.05) is 6.08 Å². The van der Waals surface area contributed by atoms with Crippen LogP contribution < -0.4 is 0 Å². The molecule has 0 spiro atoms. The highest BCUT2D eigenvalue weighted by Crippen LogP contribution is 2.44. The molecule has 0 saturated carbocycles. The van der Waals surface area contributed by atoms with E-state index in [4.69, 9.17) is 5.11 Å². The van der Waals surface area contributed by atoms with E-state index >= 15 is 0 Å². The second-order valence-electron chi connectivity index (χ2n) is 3.45. The molecule has 1 aliphatic rings. The standard InChI is InChI=1S/C10H16O2/c1-3-10(4-2)7-5-6-8(10)9(11)12/h6H,3-5,7H2,1-2H3,(H,11,12). The molecular formula is C10H16O2. The molecule has 1 N–H and O–H groups in total. The number of allylic oxidation sites excluding steroid dienone is 1. The van der Waals surface area contributed by atoms with Crippen LogP contribution in [0, 0.1) is 5.41 Å². The first-order valence-electron chi connectivity index (χ1n) is 4.60. The Kier molecular flexibility index (Phi) is 2.55. The van der Waals surface area contributed by atoms with E-state index < -0.39 is 5.97 Å². The molecule has 0 aliphatic heterocycles. The summed E-state index contributed by atoms with van der Waals surface area (Å²) in [5.74, 6) is -0.726. The lowest BCUT2D eigenvalue weighted by Crippen LogP contribution is -2.22. The normalized spacial score (nSPS) is 20.7. The van der Waals surface area contributed by atoms with Crippen molar-refractivity contribution < 1.29 is 9.90 Å². The highest BCUT2D eigenvalue weighted by molar-refractivity contribution is 5.88. The number of carboxylic acid groups (broad SMARTS) is 1. The zero-order valence-corrected chi connectivity index (χ0v) is 7.76. The molecule has 2 nitrogen and oxygen atoms in total. The van der Waals surface area contributed by atoms with Crippen LogP contribution in [0.3, 0.4) is 0 Å². The third-order valence-electron chi connectivity index (χ3n) is 3.13. The van der Waals surface area contributed by atoms with E-state index in [1.54, 1.807) is 0 Å². The van der Waals surface area contributed by atoms with Crippen LogP contribution in [0.5, 0.6) is 0 Å². The van der Waals surface area contributed by atoms with E-state index in [9.17, 15) is 4.79 Å². The molecule has 0 aromatic heterocycles. The highest BCUT2D eigenvalue weighted by atomic mass is 16.4. The number of carbonyl (C=O) groups is 1. The first-order valence-corrected chi connectivity index (χ1v) is 4.60. The molecule has 0 aromatic carbocycles. The largest absolute Gasteiger partial charge is 0.478 e. The van der Waals surface area contributed by atoms with Gasteiger partial charge in [0, 0.05) is 11.0 Å². The van der Waals surface area contributed by atoms with Gasteiger partial charge in [-0.2, -0.15) is 0 Å². The van der Waals surface area contributed by atoms with Gasteiger partial charge in [-0.25, -0.2) is 4.79 Å². The smallest absolute Gasteiger partial charge is 0.331 e. The number of rotatable bonds is 3. The van der Waals surface area contributed by atoms with Crippen molar-refractivity contribution in [2.24, 2.45) is 5.41 Å². The van der Waals surface area contributed by atoms with Crippen LogP contribution in [-0.2, 0) is 4.79 Å². The summed E-state index contributed by atoms with van der Waals surface area (Å²) in [5.41, 5.74) is 0.624. The van der Waals surface area contributed by atoms with Crippen LogP contribution >= 0.6 is 0 Å². The summed E-state index contributed by atoms with van der Waals surface area (Å²) >= 11 is 0. The molecule has 0 amide bonds. The van der Waals surface area contributed by atoms with Crippen molar-refractivity contribution in [3.05, 3.63) is 11.6 Å². The minimum Gasteiger partial charge on any atom is -0.478 e. The maximum atomic E-state index is 10.9. The first-order chi connectivity index (χ1) is 5.66. The van der Waals surface area contributed by atoms with Gasteiger partial charge >= 0.3 is 5.97 Å². The topological polar surface area (TPSA) is 37.3 Å². The van der Waals surface area contributed by atoms with Gasteiger partial charge in [0.2, 0.25) is 0 Å². The predicted octanol–water partition coefficient (Wildman–Crippen LogP) is 2.60. The fraction of sp³-hybridized carbons (Fsp3) is 0.700. The summed E-state index contributed by atoms with van der Waals surface area (Å²) in [6, 6.07) is 0. The van der Waals surface area contributed by atoms with Gasteiger partial charge in [0.05, 0.1) is 0 Å². The van der Waals surface area contributed by atoms with Crippen LogP contribution in [0.2, 0.25) is 0 Å². The highest BCUT2D eigenvalue weighted by Gasteiger charge is 2.37. The molecule has 12 heavy (non-hydrogen) atoms. The summed E-state index contributed by atoms with van der Waals surface area (Å²) < 4.78 is 0. The van der Waals surface area contributed by atoms with Crippen molar-refractivity contribution in [3.63, 3.8) is 0 Å². The fourth-order valence-corrected chi connectivity index (χ4v) is 2.14. The predicted molar refractivity (Wildman–Crippen MR) is 48.0 cm³/mol. The zero-order chi connectivity index (χ0) is 9.19. The Balaban J connectivity index is 2.91. The lowest BCUT2D eigenvalue weighted by atomic mass is 9.76. The van der Waals surface area contributed by atoms with Gasteiger partial charge < -0.3 is 5.11 Å². The Morgan fingerprint density at radius 1 is 1.58 bits per heavy atom. The molecule has 0 saturated heterocycles. The van der Waals surface area contributed by atoms with Gasteiger partial charge in [0.15, 0.2) is 0 Å². The van der Waals surface area contributed by atoms with Crippen LogP contribution in [0.1, 0.15) is 39.5 Å². The van der Waals surface area contributed by atoms with Crippen LogP contribution in [0.25, 0.3) is 0 Å². The van der Waals surface area contributed by atoms with Gasteiger partial charge in [-0.3, -0.25) is 0 Å². The lowest BCUT2D eigenvalue weighted by molar-refractivity contribution is -0.134. The van der Waals surface area contributed by atoms with E-state index in [-0.39, 0.29) is 5.41 Å². The maximum absolute atomic E-state index is 10.9. The zero-order valence-electron chi connectivity index (χ0n) is 7.76. The summed E-state index contributed by atoms with van der Waals surface area (Å²) in [4.78, 5) is 10.9. The quantitative estimate of drug-likeness (QED) is 0.703. The molecule has 2 heteroatoms. The van der Waals surface area contributed by atoms with Crippen LogP contribution in [0.4, 0.5) is 0 Å². The molecule has 0 bridgehead atoms. The van der Waals surface area contributed by atoms with Crippen molar-refractivity contribution in [2.45, 2.75) is 39.5 Å². The summed E-state index contributed by atoms with van der Waals surface area (Å²) in [5, 5.41) is 8.94. The van der Waals surface area contributed by atoms with Gasteiger partial charge in [-0.05, 0) is 25.7 Å². The number of hydrogen-bond donors (Lipinski definition) is 1. The molecule has 0 aromatic rings. The molecule has 0 fully saturated rings. The average molecular weight is 168 g/mol. The Morgan fingerprint density at radius 3 is 2.50 bits per heavy atom. The second-order valence-corrected chi connectivity index (χ2v) is 3.45.